The summed E-state index contributed by atoms with van der Waals surface area (Å²) in [7, 11) is -4.17. The van der Waals surface area contributed by atoms with Crippen LogP contribution in [0.25, 0.3) is 11.0 Å². The van der Waals surface area contributed by atoms with Crippen molar-refractivity contribution in [3.63, 3.8) is 0 Å². The number of aromatic amines is 1. The Morgan fingerprint density at radius 1 is 1.47 bits per heavy atom. The summed E-state index contributed by atoms with van der Waals surface area (Å²) in [6.07, 6.45) is 1.15. The van der Waals surface area contributed by atoms with E-state index in [9.17, 15) is 4.79 Å². The van der Waals surface area contributed by atoms with Crippen molar-refractivity contribution in [1.29, 1.82) is 0 Å². The summed E-state index contributed by atoms with van der Waals surface area (Å²) in [6.45, 7) is 0.471. The zero-order chi connectivity index (χ0) is 14.0. The maximum absolute atomic E-state index is 11.6. The van der Waals surface area contributed by atoms with Gasteiger partial charge in [-0.2, -0.15) is 0 Å². The molecule has 2 aromatic rings. The molecule has 0 aliphatic heterocycles. The molecule has 0 saturated carbocycles. The molecule has 2 rings (SSSR count). The molecule has 0 spiro atoms. The number of aromatic nitrogens is 3. The van der Waals surface area contributed by atoms with E-state index in [1.165, 1.54) is 0 Å². The predicted octanol–water partition coefficient (Wildman–Crippen LogP) is -1.25. The molecule has 0 radical (unpaired) electrons. The van der Waals surface area contributed by atoms with E-state index in [-0.39, 0.29) is 18.1 Å². The molecule has 0 aliphatic carbocycles. The quantitative estimate of drug-likeness (QED) is 0.341. The number of H-pyrrole nitrogens is 1. The van der Waals surface area contributed by atoms with E-state index in [0.29, 0.717) is 17.6 Å². The van der Waals surface area contributed by atoms with Crippen LogP contribution < -0.4 is 11.3 Å². The van der Waals surface area contributed by atoms with E-state index in [1.54, 1.807) is 16.8 Å². The van der Waals surface area contributed by atoms with E-state index in [4.69, 9.17) is 25.2 Å². The second kappa shape index (κ2) is 5.24. The van der Waals surface area contributed by atoms with Gasteiger partial charge in [-0.1, -0.05) is 0 Å². The van der Waals surface area contributed by atoms with Crippen molar-refractivity contribution in [1.82, 2.24) is 14.5 Å². The number of nitrogens with two attached hydrogens (primary N) is 1. The third kappa shape index (κ3) is 3.49. The van der Waals surface area contributed by atoms with Gasteiger partial charge in [0.1, 0.15) is 0 Å². The molecule has 0 aliphatic rings. The monoisotopic (exact) mass is 290 g/mol. The summed E-state index contributed by atoms with van der Waals surface area (Å²) in [5, 5.41) is 0.407. The van der Waals surface area contributed by atoms with Crippen LogP contribution in [-0.4, -0.2) is 42.2 Å². The molecule has 0 saturated heterocycles. The number of nitrogen functional groups attached to an aromatic ring is 1. The fourth-order valence-corrected chi connectivity index (χ4v) is 2.06. The average Bonchev–Trinajstić information content (AvgIpc) is 2.66. The summed E-state index contributed by atoms with van der Waals surface area (Å²) < 4.78 is 6.58. The Hall–Kier alpha value is -1.51. The maximum atomic E-state index is 11.6. The van der Waals surface area contributed by atoms with E-state index in [1.807, 2.05) is 0 Å². The van der Waals surface area contributed by atoms with E-state index < -0.39 is 14.3 Å². The van der Waals surface area contributed by atoms with Crippen LogP contribution in [0.1, 0.15) is 0 Å². The molecule has 9 nitrogen and oxygen atoms in total. The van der Waals surface area contributed by atoms with Gasteiger partial charge in [-0.05, 0) is 0 Å². The first-order valence-electron chi connectivity index (χ1n) is 5.46. The van der Waals surface area contributed by atoms with Gasteiger partial charge < -0.3 is 0 Å². The van der Waals surface area contributed by atoms with E-state index >= 15 is 0 Å². The number of ether oxygens (including phenoxy) is 1. The van der Waals surface area contributed by atoms with Gasteiger partial charge in [-0.25, -0.2) is 0 Å². The number of hydrogen-bond donors (Lipinski definition) is 5. The summed E-state index contributed by atoms with van der Waals surface area (Å²) in [4.78, 5) is 44.3. The molecule has 10 heteroatoms. The summed E-state index contributed by atoms with van der Waals surface area (Å²) >= 11 is 0. The SMILES string of the molecule is Nc1nc2c(ccn2CCOC[PH](O)(O)O)c(=O)[nH]1. The molecule has 6 N–H and O–H groups in total. The van der Waals surface area contributed by atoms with Crippen LogP contribution in [0.5, 0.6) is 0 Å². The molecule has 0 bridgehead atoms. The Labute approximate surface area is 107 Å². The van der Waals surface area contributed by atoms with Crippen molar-refractivity contribution in [3.8, 4) is 0 Å². The van der Waals surface area contributed by atoms with Crippen molar-refractivity contribution in [2.24, 2.45) is 0 Å². The van der Waals surface area contributed by atoms with Crippen LogP contribution in [0.4, 0.5) is 5.95 Å². The first-order valence-corrected chi connectivity index (χ1v) is 7.51. The first-order chi connectivity index (χ1) is 8.87. The van der Waals surface area contributed by atoms with E-state index in [2.05, 4.69) is 9.97 Å². The minimum atomic E-state index is -4.17. The standard InChI is InChI=1S/C9H15N4O5P/c10-9-11-7-6(8(14)12-9)1-2-13(7)3-4-18-5-19(15,16)17/h1-2,15-17,19H,3-5H2,(H3,10,11,12,14). The fourth-order valence-electron chi connectivity index (χ4n) is 1.64. The molecule has 19 heavy (non-hydrogen) atoms. The van der Waals surface area contributed by atoms with Gasteiger partial charge in [0.05, 0.1) is 0 Å². The van der Waals surface area contributed by atoms with Gasteiger partial charge in [0.25, 0.3) is 0 Å². The number of rotatable bonds is 5. The van der Waals surface area contributed by atoms with Crippen molar-refractivity contribution in [2.45, 2.75) is 6.54 Å². The number of nitrogens with zero attached hydrogens (tertiary/aromatic N) is 2. The fraction of sp³-hybridized carbons (Fsp3) is 0.333. The molecule has 106 valence electrons. The number of nitrogens with one attached hydrogen (secondary N) is 1. The Morgan fingerprint density at radius 2 is 2.21 bits per heavy atom. The average molecular weight is 290 g/mol. The van der Waals surface area contributed by atoms with Gasteiger partial charge in [-0.15, -0.1) is 0 Å². The molecule has 2 aromatic heterocycles. The third-order valence-electron chi connectivity index (χ3n) is 2.42. The Bertz CT molecular complexity index is 632. The Balaban J connectivity index is 2.08. The summed E-state index contributed by atoms with van der Waals surface area (Å²) in [6, 6.07) is 1.60. The topological polar surface area (TPSA) is 147 Å². The van der Waals surface area contributed by atoms with Crippen LogP contribution >= 0.6 is 7.94 Å². The molecule has 0 amide bonds. The third-order valence-corrected chi connectivity index (χ3v) is 3.01. The molecule has 0 aromatic carbocycles. The summed E-state index contributed by atoms with van der Waals surface area (Å²) in [5.74, 6) is 0.0193. The first kappa shape index (κ1) is 13.9. The summed E-state index contributed by atoms with van der Waals surface area (Å²) in [5.41, 5.74) is 5.56. The second-order valence-electron chi connectivity index (χ2n) is 4.02. The van der Waals surface area contributed by atoms with Crippen LogP contribution in [-0.2, 0) is 11.3 Å². The minimum absolute atomic E-state index is 0.0193. The van der Waals surface area contributed by atoms with Gasteiger partial charge in [0.2, 0.25) is 0 Å². The molecule has 0 unspecified atom stereocenters. The van der Waals surface area contributed by atoms with Crippen LogP contribution in [0.3, 0.4) is 0 Å². The molecule has 0 fully saturated rings. The van der Waals surface area contributed by atoms with Crippen molar-refractivity contribution < 1.29 is 19.4 Å². The zero-order valence-corrected chi connectivity index (χ0v) is 10.9. The van der Waals surface area contributed by atoms with Crippen LogP contribution in [0.2, 0.25) is 0 Å². The Morgan fingerprint density at radius 3 is 2.89 bits per heavy atom. The van der Waals surface area contributed by atoms with E-state index in [0.717, 1.165) is 0 Å². The zero-order valence-electron chi connectivity index (χ0n) is 9.91. The van der Waals surface area contributed by atoms with Crippen LogP contribution in [0.15, 0.2) is 17.1 Å². The van der Waals surface area contributed by atoms with Crippen LogP contribution in [0, 0.1) is 0 Å². The molecular formula is C9H15N4O5P. The van der Waals surface area contributed by atoms with Gasteiger partial charge in [0, 0.05) is 0 Å². The molecular weight excluding hydrogens is 275 g/mol. The van der Waals surface area contributed by atoms with Crippen molar-refractivity contribution in [2.75, 3.05) is 18.7 Å². The number of fused-ring (bicyclic) bond motifs is 1. The van der Waals surface area contributed by atoms with Crippen molar-refractivity contribution >= 4 is 24.9 Å². The van der Waals surface area contributed by atoms with Gasteiger partial charge in [0.15, 0.2) is 0 Å². The van der Waals surface area contributed by atoms with Gasteiger partial charge >= 0.3 is 107 Å². The molecule has 2 heterocycles. The van der Waals surface area contributed by atoms with Gasteiger partial charge in [-0.3, -0.25) is 0 Å². The second-order valence-corrected chi connectivity index (χ2v) is 5.86. The number of anilines is 1. The molecule has 0 atom stereocenters. The Kier molecular flexibility index (Phi) is 3.83. The number of hydrogen-bond acceptors (Lipinski definition) is 7. The van der Waals surface area contributed by atoms with Crippen molar-refractivity contribution in [3.05, 3.63) is 22.6 Å². The predicted molar refractivity (Wildman–Crippen MR) is 70.6 cm³/mol. The normalized spacial score (nSPS) is 13.0.